The van der Waals surface area contributed by atoms with Crippen molar-refractivity contribution < 1.29 is 0 Å². The summed E-state index contributed by atoms with van der Waals surface area (Å²) >= 11 is 0. The van der Waals surface area contributed by atoms with E-state index in [1.165, 1.54) is 44.4 Å². The van der Waals surface area contributed by atoms with Gasteiger partial charge in [0.05, 0.1) is 5.69 Å². The number of aryl methyl sites for hydroxylation is 3. The van der Waals surface area contributed by atoms with Crippen molar-refractivity contribution >= 4 is 10.9 Å². The molecule has 3 aromatic carbocycles. The topological polar surface area (TPSA) is 4.93 Å². The van der Waals surface area contributed by atoms with Crippen LogP contribution in [-0.4, -0.2) is 4.57 Å². The molecule has 1 heterocycles. The van der Waals surface area contributed by atoms with E-state index in [9.17, 15) is 0 Å². The average Bonchev–Trinajstić information content (AvgIpc) is 3.18. The van der Waals surface area contributed by atoms with E-state index in [1.54, 1.807) is 0 Å². The maximum absolute atomic E-state index is 2.57. The van der Waals surface area contributed by atoms with Gasteiger partial charge in [0, 0.05) is 29.4 Å². The molecule has 0 bridgehead atoms. The summed E-state index contributed by atoms with van der Waals surface area (Å²) in [5.41, 5.74) is 10.0. The fourth-order valence-corrected chi connectivity index (χ4v) is 4.44. The van der Waals surface area contributed by atoms with E-state index in [0.29, 0.717) is 0 Å². The van der Waals surface area contributed by atoms with Crippen molar-refractivity contribution in [2.24, 2.45) is 0 Å². The van der Waals surface area contributed by atoms with Gasteiger partial charge in [0.1, 0.15) is 0 Å². The van der Waals surface area contributed by atoms with Crippen molar-refractivity contribution in [3.05, 3.63) is 95.1 Å². The lowest BCUT2D eigenvalue weighted by Gasteiger charge is -2.11. The van der Waals surface area contributed by atoms with Crippen molar-refractivity contribution in [2.45, 2.75) is 32.7 Å². The molecule has 4 aromatic rings. The number of rotatable bonds is 4. The SMILES string of the molecule is Cc1ccc2c(c1)c1c(n2CCCc2ccccc2)-c2ccccc2C1. The highest BCUT2D eigenvalue weighted by Crippen LogP contribution is 2.43. The van der Waals surface area contributed by atoms with Gasteiger partial charge >= 0.3 is 0 Å². The minimum Gasteiger partial charge on any atom is -0.340 e. The van der Waals surface area contributed by atoms with E-state index in [4.69, 9.17) is 0 Å². The van der Waals surface area contributed by atoms with Gasteiger partial charge in [-0.2, -0.15) is 0 Å². The fourth-order valence-electron chi connectivity index (χ4n) is 4.44. The normalized spacial score (nSPS) is 12.3. The highest BCUT2D eigenvalue weighted by molar-refractivity contribution is 5.95. The van der Waals surface area contributed by atoms with Gasteiger partial charge in [0.15, 0.2) is 0 Å². The third-order valence-electron chi connectivity index (χ3n) is 5.65. The Morgan fingerprint density at radius 2 is 1.69 bits per heavy atom. The molecule has 0 amide bonds. The molecule has 0 aliphatic heterocycles. The molecule has 0 saturated heterocycles. The molecule has 0 atom stereocenters. The quantitative estimate of drug-likeness (QED) is 0.370. The third kappa shape index (κ3) is 2.47. The lowest BCUT2D eigenvalue weighted by Crippen LogP contribution is -2.01. The second-order valence-corrected chi connectivity index (χ2v) is 7.42. The third-order valence-corrected chi connectivity index (χ3v) is 5.65. The van der Waals surface area contributed by atoms with Gasteiger partial charge in [-0.15, -0.1) is 0 Å². The zero-order chi connectivity index (χ0) is 17.5. The Labute approximate surface area is 154 Å². The number of nitrogens with zero attached hydrogens (tertiary/aromatic N) is 1. The summed E-state index contributed by atoms with van der Waals surface area (Å²) in [5, 5.41) is 1.44. The second kappa shape index (κ2) is 6.17. The fraction of sp³-hybridized carbons (Fsp3) is 0.200. The van der Waals surface area contributed by atoms with Gasteiger partial charge in [-0.05, 0) is 48.6 Å². The second-order valence-electron chi connectivity index (χ2n) is 7.42. The molecule has 1 aliphatic rings. The lowest BCUT2D eigenvalue weighted by atomic mass is 10.1. The maximum Gasteiger partial charge on any atom is 0.0530 e. The first-order valence-corrected chi connectivity index (χ1v) is 9.55. The molecule has 1 nitrogen and oxygen atoms in total. The highest BCUT2D eigenvalue weighted by Gasteiger charge is 2.25. The van der Waals surface area contributed by atoms with Crippen molar-refractivity contribution in [3.8, 4) is 11.3 Å². The predicted octanol–water partition coefficient (Wildman–Crippen LogP) is 6.15. The van der Waals surface area contributed by atoms with Crippen LogP contribution in [0.1, 0.15) is 28.7 Å². The van der Waals surface area contributed by atoms with Gasteiger partial charge < -0.3 is 4.57 Å². The summed E-state index contributed by atoms with van der Waals surface area (Å²) in [6, 6.07) is 26.7. The Hall–Kier alpha value is -2.80. The Balaban J connectivity index is 1.56. The van der Waals surface area contributed by atoms with E-state index in [1.807, 2.05) is 0 Å². The number of hydrogen-bond acceptors (Lipinski definition) is 0. The highest BCUT2D eigenvalue weighted by atomic mass is 15.0. The van der Waals surface area contributed by atoms with Crippen molar-refractivity contribution in [3.63, 3.8) is 0 Å². The molecule has 1 aliphatic carbocycles. The standard InChI is InChI=1S/C25H23N/c1-18-13-14-24-22(16-18)23-17-20-11-5-6-12-21(20)25(23)26(24)15-7-10-19-8-3-2-4-9-19/h2-6,8-9,11-14,16H,7,10,15,17H2,1H3. The largest absolute Gasteiger partial charge is 0.340 e. The molecule has 0 unspecified atom stereocenters. The summed E-state index contributed by atoms with van der Waals surface area (Å²) in [6.07, 6.45) is 3.36. The van der Waals surface area contributed by atoms with Gasteiger partial charge in [-0.3, -0.25) is 0 Å². The summed E-state index contributed by atoms with van der Waals surface area (Å²) < 4.78 is 2.57. The number of fused-ring (bicyclic) bond motifs is 5. The first-order chi connectivity index (χ1) is 12.8. The Morgan fingerprint density at radius 1 is 0.885 bits per heavy atom. The molecular weight excluding hydrogens is 314 g/mol. The first kappa shape index (κ1) is 15.5. The molecular formula is C25H23N. The molecule has 5 rings (SSSR count). The van der Waals surface area contributed by atoms with Crippen molar-refractivity contribution in [2.75, 3.05) is 0 Å². The monoisotopic (exact) mass is 337 g/mol. The van der Waals surface area contributed by atoms with Crippen LogP contribution in [0.2, 0.25) is 0 Å². The van der Waals surface area contributed by atoms with Crippen LogP contribution >= 0.6 is 0 Å². The zero-order valence-corrected chi connectivity index (χ0v) is 15.2. The first-order valence-electron chi connectivity index (χ1n) is 9.55. The molecule has 0 spiro atoms. The van der Waals surface area contributed by atoms with Crippen LogP contribution in [0.15, 0.2) is 72.8 Å². The molecule has 0 N–H and O–H groups in total. The van der Waals surface area contributed by atoms with Gasteiger partial charge in [-0.25, -0.2) is 0 Å². The maximum atomic E-state index is 2.57. The number of hydrogen-bond donors (Lipinski definition) is 0. The van der Waals surface area contributed by atoms with Crippen LogP contribution in [0.25, 0.3) is 22.2 Å². The van der Waals surface area contributed by atoms with Crippen LogP contribution in [-0.2, 0) is 19.4 Å². The number of benzene rings is 3. The van der Waals surface area contributed by atoms with Crippen molar-refractivity contribution in [1.29, 1.82) is 0 Å². The predicted molar refractivity (Wildman–Crippen MR) is 110 cm³/mol. The van der Waals surface area contributed by atoms with E-state index in [-0.39, 0.29) is 0 Å². The molecule has 0 radical (unpaired) electrons. The summed E-state index contributed by atoms with van der Waals surface area (Å²) in [7, 11) is 0. The zero-order valence-electron chi connectivity index (χ0n) is 15.2. The van der Waals surface area contributed by atoms with E-state index < -0.39 is 0 Å². The molecule has 0 fully saturated rings. The molecule has 1 heteroatoms. The van der Waals surface area contributed by atoms with E-state index >= 15 is 0 Å². The molecule has 26 heavy (non-hydrogen) atoms. The Kier molecular flexibility index (Phi) is 3.67. The van der Waals surface area contributed by atoms with E-state index in [2.05, 4.69) is 84.3 Å². The van der Waals surface area contributed by atoms with Crippen molar-refractivity contribution in [1.82, 2.24) is 4.57 Å². The molecule has 128 valence electrons. The van der Waals surface area contributed by atoms with Gasteiger partial charge in [0.25, 0.3) is 0 Å². The lowest BCUT2D eigenvalue weighted by molar-refractivity contribution is 0.667. The van der Waals surface area contributed by atoms with Crippen LogP contribution in [0.3, 0.4) is 0 Å². The Morgan fingerprint density at radius 3 is 2.58 bits per heavy atom. The average molecular weight is 337 g/mol. The molecule has 1 aromatic heterocycles. The molecule has 0 saturated carbocycles. The number of aromatic nitrogens is 1. The van der Waals surface area contributed by atoms with Gasteiger partial charge in [0.2, 0.25) is 0 Å². The van der Waals surface area contributed by atoms with Gasteiger partial charge in [-0.1, -0.05) is 66.2 Å². The van der Waals surface area contributed by atoms with E-state index in [0.717, 1.165) is 25.8 Å². The van der Waals surface area contributed by atoms with Crippen LogP contribution in [0, 0.1) is 6.92 Å². The van der Waals surface area contributed by atoms with Crippen LogP contribution in [0.4, 0.5) is 0 Å². The smallest absolute Gasteiger partial charge is 0.0530 e. The van der Waals surface area contributed by atoms with Crippen LogP contribution < -0.4 is 0 Å². The van der Waals surface area contributed by atoms with Crippen LogP contribution in [0.5, 0.6) is 0 Å². The summed E-state index contributed by atoms with van der Waals surface area (Å²) in [5.74, 6) is 0. The minimum atomic E-state index is 1.07. The summed E-state index contributed by atoms with van der Waals surface area (Å²) in [6.45, 7) is 3.26. The summed E-state index contributed by atoms with van der Waals surface area (Å²) in [4.78, 5) is 0. The minimum absolute atomic E-state index is 1.07. The Bertz CT molecular complexity index is 1090.